The average Bonchev–Trinajstić information content (AvgIpc) is 3.19. The summed E-state index contributed by atoms with van der Waals surface area (Å²) in [6.07, 6.45) is 1.49. The number of hydrogen-bond acceptors (Lipinski definition) is 8. The van der Waals surface area contributed by atoms with Crippen LogP contribution in [0, 0.1) is 0 Å². The molecule has 0 fully saturated rings. The first-order valence-corrected chi connectivity index (χ1v) is 10.9. The maximum atomic E-state index is 12.5. The van der Waals surface area contributed by atoms with Crippen LogP contribution >= 0.6 is 11.8 Å². The quantitative estimate of drug-likeness (QED) is 0.337. The number of H-pyrrole nitrogens is 1. The molecule has 0 saturated heterocycles. The van der Waals surface area contributed by atoms with Crippen LogP contribution < -0.4 is 24.3 Å². The van der Waals surface area contributed by atoms with Crippen LogP contribution in [0.25, 0.3) is 21.9 Å². The van der Waals surface area contributed by atoms with Crippen molar-refractivity contribution in [3.8, 4) is 23.0 Å². The smallest absolute Gasteiger partial charge is 0.234 e. The van der Waals surface area contributed by atoms with Gasteiger partial charge in [0, 0.05) is 23.2 Å². The Morgan fingerprint density at radius 3 is 2.69 bits per heavy atom. The lowest BCUT2D eigenvalue weighted by Gasteiger charge is -2.18. The van der Waals surface area contributed by atoms with Crippen molar-refractivity contribution in [3.63, 3.8) is 0 Å². The molecule has 2 aromatic carbocycles. The van der Waals surface area contributed by atoms with E-state index in [1.54, 1.807) is 32.4 Å². The second-order valence-corrected chi connectivity index (χ2v) is 7.94. The highest BCUT2D eigenvalue weighted by atomic mass is 32.2. The number of carbonyl (C=O) groups is 1. The van der Waals surface area contributed by atoms with E-state index in [-0.39, 0.29) is 11.7 Å². The highest BCUT2D eigenvalue weighted by molar-refractivity contribution is 8.00. The van der Waals surface area contributed by atoms with Crippen LogP contribution in [0.1, 0.15) is 0 Å². The Morgan fingerprint density at radius 2 is 1.88 bits per heavy atom. The first kappa shape index (κ1) is 20.3. The summed E-state index contributed by atoms with van der Waals surface area (Å²) < 4.78 is 21.9. The molecule has 5 rings (SSSR count). The van der Waals surface area contributed by atoms with Crippen molar-refractivity contribution in [2.45, 2.75) is 5.03 Å². The molecule has 164 valence electrons. The summed E-state index contributed by atoms with van der Waals surface area (Å²) in [6.45, 7) is 1.02. The molecule has 3 heterocycles. The SMILES string of the molecule is COc1cc2[nH]c3c(SCC(=O)Nc4ccc5c(c4)OCCO5)ncnc3c2cc1OC. The van der Waals surface area contributed by atoms with Gasteiger partial charge in [-0.2, -0.15) is 0 Å². The fourth-order valence-corrected chi connectivity index (χ4v) is 4.31. The van der Waals surface area contributed by atoms with E-state index in [0.717, 1.165) is 21.9 Å². The van der Waals surface area contributed by atoms with Gasteiger partial charge in [-0.15, -0.1) is 0 Å². The molecule has 10 heteroatoms. The molecule has 1 amide bonds. The molecule has 0 aliphatic carbocycles. The van der Waals surface area contributed by atoms with Crippen molar-refractivity contribution < 1.29 is 23.7 Å². The maximum Gasteiger partial charge on any atom is 0.234 e. The fraction of sp³-hybridized carbons (Fsp3) is 0.227. The summed E-state index contributed by atoms with van der Waals surface area (Å²) in [5, 5.41) is 4.46. The number of benzene rings is 2. The largest absolute Gasteiger partial charge is 0.493 e. The Bertz CT molecular complexity index is 1320. The number of thioether (sulfide) groups is 1. The molecule has 0 bridgehead atoms. The summed E-state index contributed by atoms with van der Waals surface area (Å²) >= 11 is 1.33. The van der Waals surface area contributed by atoms with Gasteiger partial charge in [-0.05, 0) is 18.2 Å². The van der Waals surface area contributed by atoms with E-state index in [4.69, 9.17) is 18.9 Å². The third-order valence-corrected chi connectivity index (χ3v) is 6.01. The van der Waals surface area contributed by atoms with Gasteiger partial charge in [0.2, 0.25) is 5.91 Å². The predicted octanol–water partition coefficient (Wildman–Crippen LogP) is 3.63. The van der Waals surface area contributed by atoms with E-state index in [1.165, 1.54) is 18.1 Å². The minimum Gasteiger partial charge on any atom is -0.493 e. The summed E-state index contributed by atoms with van der Waals surface area (Å²) in [5.41, 5.74) is 3.01. The number of aromatic amines is 1. The Morgan fingerprint density at radius 1 is 1.09 bits per heavy atom. The number of hydrogen-bond donors (Lipinski definition) is 2. The number of methoxy groups -OCH3 is 2. The van der Waals surface area contributed by atoms with Crippen LogP contribution in [0.15, 0.2) is 41.7 Å². The minimum atomic E-state index is -0.155. The summed E-state index contributed by atoms with van der Waals surface area (Å²) in [7, 11) is 3.18. The Hall–Kier alpha value is -3.66. The summed E-state index contributed by atoms with van der Waals surface area (Å²) in [6, 6.07) is 9.08. The van der Waals surface area contributed by atoms with E-state index >= 15 is 0 Å². The Balaban J connectivity index is 1.35. The van der Waals surface area contributed by atoms with Crippen LogP contribution in [0.4, 0.5) is 5.69 Å². The van der Waals surface area contributed by atoms with Gasteiger partial charge in [-0.25, -0.2) is 9.97 Å². The number of aromatic nitrogens is 3. The lowest BCUT2D eigenvalue weighted by Crippen LogP contribution is -2.17. The van der Waals surface area contributed by atoms with Crippen molar-refractivity contribution in [2.75, 3.05) is 38.5 Å². The molecule has 32 heavy (non-hydrogen) atoms. The molecule has 2 aromatic heterocycles. The number of ether oxygens (including phenoxy) is 4. The van der Waals surface area contributed by atoms with Gasteiger partial charge < -0.3 is 29.2 Å². The van der Waals surface area contributed by atoms with Gasteiger partial charge in [-0.3, -0.25) is 4.79 Å². The van der Waals surface area contributed by atoms with Gasteiger partial charge in [0.1, 0.15) is 30.1 Å². The molecule has 2 N–H and O–H groups in total. The number of fused-ring (bicyclic) bond motifs is 4. The molecule has 1 aliphatic heterocycles. The van der Waals surface area contributed by atoms with Crippen LogP contribution in [0.2, 0.25) is 0 Å². The zero-order valence-electron chi connectivity index (χ0n) is 17.4. The van der Waals surface area contributed by atoms with E-state index in [9.17, 15) is 4.79 Å². The third kappa shape index (κ3) is 3.73. The molecule has 0 atom stereocenters. The van der Waals surface area contributed by atoms with Gasteiger partial charge >= 0.3 is 0 Å². The number of amides is 1. The van der Waals surface area contributed by atoms with Gasteiger partial charge in [0.15, 0.2) is 23.0 Å². The molecule has 0 saturated carbocycles. The third-order valence-electron chi connectivity index (χ3n) is 5.02. The zero-order valence-corrected chi connectivity index (χ0v) is 18.2. The van der Waals surface area contributed by atoms with Crippen molar-refractivity contribution in [1.82, 2.24) is 15.0 Å². The normalized spacial score (nSPS) is 12.7. The van der Waals surface area contributed by atoms with Crippen molar-refractivity contribution in [2.24, 2.45) is 0 Å². The average molecular weight is 452 g/mol. The lowest BCUT2D eigenvalue weighted by atomic mass is 10.2. The number of nitrogens with one attached hydrogen (secondary N) is 2. The highest BCUT2D eigenvalue weighted by Crippen LogP contribution is 2.37. The molecule has 4 aromatic rings. The maximum absolute atomic E-state index is 12.5. The molecule has 0 radical (unpaired) electrons. The molecule has 9 nitrogen and oxygen atoms in total. The highest BCUT2D eigenvalue weighted by Gasteiger charge is 2.17. The molecule has 0 spiro atoms. The number of rotatable bonds is 6. The molecular formula is C22H20N4O5S. The predicted molar refractivity (Wildman–Crippen MR) is 121 cm³/mol. The van der Waals surface area contributed by atoms with Crippen molar-refractivity contribution in [1.29, 1.82) is 0 Å². The van der Waals surface area contributed by atoms with E-state index in [0.29, 0.717) is 46.9 Å². The first-order valence-electron chi connectivity index (χ1n) is 9.87. The second-order valence-electron chi connectivity index (χ2n) is 6.98. The Labute approximate surface area is 187 Å². The first-order chi connectivity index (χ1) is 15.7. The summed E-state index contributed by atoms with van der Waals surface area (Å²) in [5.74, 6) is 2.57. The minimum absolute atomic E-state index is 0.155. The fourth-order valence-electron chi connectivity index (χ4n) is 3.56. The van der Waals surface area contributed by atoms with Gasteiger partial charge in [0.05, 0.1) is 31.0 Å². The second kappa shape index (κ2) is 8.46. The van der Waals surface area contributed by atoms with Crippen LogP contribution in [0.3, 0.4) is 0 Å². The monoisotopic (exact) mass is 452 g/mol. The topological polar surface area (TPSA) is 108 Å². The van der Waals surface area contributed by atoms with E-state index in [2.05, 4.69) is 20.3 Å². The zero-order chi connectivity index (χ0) is 22.1. The molecule has 0 unspecified atom stereocenters. The van der Waals surface area contributed by atoms with Crippen molar-refractivity contribution >= 4 is 45.3 Å². The standard InChI is InChI=1S/C22H20N4O5S/c1-28-16-8-13-14(9-17(16)29-2)26-21-20(13)23-11-24-22(21)32-10-19(27)25-12-3-4-15-18(7-12)31-6-5-30-15/h3-4,7-9,11,26H,5-6,10H2,1-2H3,(H,25,27). The number of anilines is 1. The summed E-state index contributed by atoms with van der Waals surface area (Å²) in [4.78, 5) is 24.7. The number of nitrogens with zero attached hydrogens (tertiary/aromatic N) is 2. The van der Waals surface area contributed by atoms with Gasteiger partial charge in [0.25, 0.3) is 0 Å². The van der Waals surface area contributed by atoms with Crippen LogP contribution in [-0.4, -0.2) is 54.0 Å². The van der Waals surface area contributed by atoms with E-state index in [1.807, 2.05) is 12.1 Å². The molecular weight excluding hydrogens is 432 g/mol. The lowest BCUT2D eigenvalue weighted by molar-refractivity contribution is -0.113. The van der Waals surface area contributed by atoms with E-state index < -0.39 is 0 Å². The molecule has 1 aliphatic rings. The Kier molecular flexibility index (Phi) is 5.36. The van der Waals surface area contributed by atoms with Crippen molar-refractivity contribution in [3.05, 3.63) is 36.7 Å². The number of carbonyl (C=O) groups excluding carboxylic acids is 1. The van der Waals surface area contributed by atoms with Gasteiger partial charge in [-0.1, -0.05) is 11.8 Å². The van der Waals surface area contributed by atoms with Crippen LogP contribution in [0.5, 0.6) is 23.0 Å². The van der Waals surface area contributed by atoms with Crippen LogP contribution in [-0.2, 0) is 4.79 Å².